The van der Waals surface area contributed by atoms with Crippen molar-refractivity contribution in [1.29, 1.82) is 0 Å². The third-order valence-electron chi connectivity index (χ3n) is 5.38. The molecule has 162 valence electrons. The number of carbonyl (C=O) groups is 4. The maximum Gasteiger partial charge on any atom is 0.328 e. The summed E-state index contributed by atoms with van der Waals surface area (Å²) >= 11 is 0. The van der Waals surface area contributed by atoms with Crippen LogP contribution in [0.15, 0.2) is 30.3 Å². The van der Waals surface area contributed by atoms with Gasteiger partial charge in [-0.3, -0.25) is 9.59 Å². The zero-order valence-corrected chi connectivity index (χ0v) is 17.8. The summed E-state index contributed by atoms with van der Waals surface area (Å²) in [5, 5.41) is 9.41. The first-order valence-electron chi connectivity index (χ1n) is 9.92. The lowest BCUT2D eigenvalue weighted by Gasteiger charge is -2.33. The molecule has 1 fully saturated rings. The van der Waals surface area contributed by atoms with Crippen LogP contribution in [0, 0.1) is 0 Å². The molecular formula is C20H28BN3O6. The molecule has 1 heterocycles. The summed E-state index contributed by atoms with van der Waals surface area (Å²) < 4.78 is 5.19. The van der Waals surface area contributed by atoms with Gasteiger partial charge in [-0.15, -0.1) is 0 Å². The number of ether oxygens (including phenoxy) is 1. The Bertz CT molecular complexity index is 790. The normalized spacial score (nSPS) is 18.4. The van der Waals surface area contributed by atoms with Crippen LogP contribution in [-0.4, -0.2) is 89.9 Å². The van der Waals surface area contributed by atoms with Crippen LogP contribution in [0.25, 0.3) is 0 Å². The second kappa shape index (κ2) is 10.2. The molecule has 1 saturated heterocycles. The Morgan fingerprint density at radius 2 is 1.93 bits per heavy atom. The SMILES string of the molecule is BN([C@@H](C)C(=O)N1C(=O)N(C)C[C@H]1C(=O)O)[C@@H](CCc1ccccc1)C(=O)OCC. The molecule has 3 atom stereocenters. The van der Waals surface area contributed by atoms with E-state index in [9.17, 15) is 24.3 Å². The zero-order chi connectivity index (χ0) is 22.4. The van der Waals surface area contributed by atoms with Gasteiger partial charge in [-0.25, -0.2) is 14.5 Å². The number of aryl methyl sites for hydroxylation is 1. The maximum absolute atomic E-state index is 13.0. The second-order valence-electron chi connectivity index (χ2n) is 7.36. The van der Waals surface area contributed by atoms with Crippen molar-refractivity contribution in [2.24, 2.45) is 0 Å². The monoisotopic (exact) mass is 417 g/mol. The standard InChI is InChI=1S/C20H28BN3O6/c1-4-30-19(28)15(11-10-14-8-6-5-7-9-14)24(21)13(2)17(25)23-16(18(26)27)12-22(3)20(23)29/h5-9,13,15-16H,4,10-12,21H2,1-3H3,(H,26,27)/t13-,15-,16-/m0/s1. The van der Waals surface area contributed by atoms with E-state index in [-0.39, 0.29) is 13.2 Å². The fourth-order valence-corrected chi connectivity index (χ4v) is 3.49. The van der Waals surface area contributed by atoms with E-state index in [2.05, 4.69) is 0 Å². The summed E-state index contributed by atoms with van der Waals surface area (Å²) in [6.07, 6.45) is 1.01. The summed E-state index contributed by atoms with van der Waals surface area (Å²) in [6.45, 7) is 3.39. The summed E-state index contributed by atoms with van der Waals surface area (Å²) in [5.74, 6) is -2.37. The topological polar surface area (TPSA) is 107 Å². The Morgan fingerprint density at radius 3 is 2.50 bits per heavy atom. The predicted molar refractivity (Wildman–Crippen MR) is 111 cm³/mol. The molecule has 0 aromatic heterocycles. The van der Waals surface area contributed by atoms with Crippen molar-refractivity contribution >= 4 is 31.9 Å². The van der Waals surface area contributed by atoms with E-state index in [1.807, 2.05) is 30.3 Å². The van der Waals surface area contributed by atoms with E-state index in [0.29, 0.717) is 12.8 Å². The average Bonchev–Trinajstić information content (AvgIpc) is 3.02. The molecule has 1 aliphatic heterocycles. The number of urea groups is 1. The summed E-state index contributed by atoms with van der Waals surface area (Å²) in [7, 11) is 3.05. The van der Waals surface area contributed by atoms with Crippen LogP contribution in [0.5, 0.6) is 0 Å². The number of likely N-dealkylation sites (N-methyl/N-ethyl adjacent to an activating group) is 1. The number of nitrogens with zero attached hydrogens (tertiary/aromatic N) is 3. The van der Waals surface area contributed by atoms with Crippen LogP contribution in [0.4, 0.5) is 4.79 Å². The number of hydrogen-bond donors (Lipinski definition) is 1. The number of carboxylic acids is 1. The molecule has 9 nitrogen and oxygen atoms in total. The van der Waals surface area contributed by atoms with E-state index in [4.69, 9.17) is 4.74 Å². The van der Waals surface area contributed by atoms with Gasteiger partial charge < -0.3 is 19.6 Å². The first-order chi connectivity index (χ1) is 14.2. The minimum atomic E-state index is -1.25. The number of rotatable bonds is 9. The Balaban J connectivity index is 2.19. The Kier molecular flexibility index (Phi) is 7.99. The molecular weight excluding hydrogens is 389 g/mol. The van der Waals surface area contributed by atoms with Crippen LogP contribution in [-0.2, 0) is 25.5 Å². The molecule has 3 amide bonds. The molecule has 2 rings (SSSR count). The molecule has 1 aromatic carbocycles. The number of hydrogen-bond acceptors (Lipinski definition) is 6. The number of carbonyl (C=O) groups excluding carboxylic acids is 3. The Labute approximate surface area is 177 Å². The summed E-state index contributed by atoms with van der Waals surface area (Å²) in [4.78, 5) is 53.0. The average molecular weight is 417 g/mol. The smallest absolute Gasteiger partial charge is 0.328 e. The summed E-state index contributed by atoms with van der Waals surface area (Å²) in [6, 6.07) is 6.09. The van der Waals surface area contributed by atoms with Gasteiger partial charge in [0.15, 0.2) is 14.0 Å². The van der Waals surface area contributed by atoms with Crippen molar-refractivity contribution < 1.29 is 29.0 Å². The highest BCUT2D eigenvalue weighted by molar-refractivity contribution is 6.10. The van der Waals surface area contributed by atoms with Gasteiger partial charge in [-0.2, -0.15) is 0 Å². The fourth-order valence-electron chi connectivity index (χ4n) is 3.49. The van der Waals surface area contributed by atoms with Crippen molar-refractivity contribution in [2.45, 2.75) is 44.8 Å². The lowest BCUT2D eigenvalue weighted by atomic mass is 9.99. The first kappa shape index (κ1) is 23.4. The predicted octanol–water partition coefficient (Wildman–Crippen LogP) is 0.137. The third-order valence-corrected chi connectivity index (χ3v) is 5.38. The van der Waals surface area contributed by atoms with Crippen LogP contribution in [0.1, 0.15) is 25.8 Å². The van der Waals surface area contributed by atoms with Gasteiger partial charge in [0.05, 0.1) is 25.2 Å². The van der Waals surface area contributed by atoms with Gasteiger partial charge in [0.2, 0.25) is 5.91 Å². The highest BCUT2D eigenvalue weighted by Gasteiger charge is 2.46. The van der Waals surface area contributed by atoms with E-state index in [1.54, 1.807) is 26.6 Å². The molecule has 0 saturated carbocycles. The van der Waals surface area contributed by atoms with Gasteiger partial charge in [0, 0.05) is 7.05 Å². The number of esters is 1. The molecule has 1 aromatic rings. The molecule has 0 bridgehead atoms. The molecule has 0 radical (unpaired) electrons. The fraction of sp³-hybridized carbons (Fsp3) is 0.500. The number of carboxylic acid groups (broad SMARTS) is 1. The lowest BCUT2D eigenvalue weighted by Crippen LogP contribution is -2.55. The third kappa shape index (κ3) is 5.18. The van der Waals surface area contributed by atoms with Gasteiger partial charge in [-0.05, 0) is 32.3 Å². The molecule has 1 aliphatic rings. The van der Waals surface area contributed by atoms with E-state index >= 15 is 0 Å². The highest BCUT2D eigenvalue weighted by atomic mass is 16.5. The van der Waals surface area contributed by atoms with Gasteiger partial charge in [0.25, 0.3) is 0 Å². The Hall–Kier alpha value is -2.88. The van der Waals surface area contributed by atoms with Crippen LogP contribution < -0.4 is 0 Å². The van der Waals surface area contributed by atoms with E-state index in [1.165, 1.54) is 11.9 Å². The van der Waals surface area contributed by atoms with Crippen LogP contribution in [0.3, 0.4) is 0 Å². The number of amides is 3. The number of aliphatic carboxylic acids is 1. The second-order valence-corrected chi connectivity index (χ2v) is 7.36. The zero-order valence-electron chi connectivity index (χ0n) is 17.8. The molecule has 0 aliphatic carbocycles. The number of benzene rings is 1. The number of imide groups is 1. The quantitative estimate of drug-likeness (QED) is 0.450. The molecule has 10 heteroatoms. The summed E-state index contributed by atoms with van der Waals surface area (Å²) in [5.41, 5.74) is 1.04. The largest absolute Gasteiger partial charge is 0.480 e. The van der Waals surface area contributed by atoms with Crippen molar-refractivity contribution in [3.63, 3.8) is 0 Å². The minimum Gasteiger partial charge on any atom is -0.480 e. The van der Waals surface area contributed by atoms with Crippen molar-refractivity contribution in [3.05, 3.63) is 35.9 Å². The van der Waals surface area contributed by atoms with Crippen LogP contribution >= 0.6 is 0 Å². The van der Waals surface area contributed by atoms with Crippen molar-refractivity contribution in [2.75, 3.05) is 20.2 Å². The van der Waals surface area contributed by atoms with Crippen LogP contribution in [0.2, 0.25) is 0 Å². The maximum atomic E-state index is 13.0. The van der Waals surface area contributed by atoms with Crippen molar-refractivity contribution in [3.8, 4) is 0 Å². The van der Waals surface area contributed by atoms with E-state index in [0.717, 1.165) is 10.5 Å². The highest BCUT2D eigenvalue weighted by Crippen LogP contribution is 2.20. The van der Waals surface area contributed by atoms with Gasteiger partial charge >= 0.3 is 18.0 Å². The van der Waals surface area contributed by atoms with Crippen molar-refractivity contribution in [1.82, 2.24) is 14.6 Å². The lowest BCUT2D eigenvalue weighted by molar-refractivity contribution is -0.151. The molecule has 0 spiro atoms. The van der Waals surface area contributed by atoms with E-state index < -0.39 is 42.0 Å². The molecule has 0 unspecified atom stereocenters. The van der Waals surface area contributed by atoms with Gasteiger partial charge in [0.1, 0.15) is 0 Å². The first-order valence-corrected chi connectivity index (χ1v) is 9.92. The minimum absolute atomic E-state index is 0.0777. The molecule has 30 heavy (non-hydrogen) atoms. The Morgan fingerprint density at radius 1 is 1.30 bits per heavy atom. The molecule has 1 N–H and O–H groups in total. The van der Waals surface area contributed by atoms with Gasteiger partial charge in [-0.1, -0.05) is 30.3 Å².